The third-order valence-corrected chi connectivity index (χ3v) is 10.7. The van der Waals surface area contributed by atoms with Gasteiger partial charge >= 0.3 is 6.09 Å². The Morgan fingerprint density at radius 2 is 1.11 bits per heavy atom. The molecule has 1 fully saturated rings. The molecule has 0 aliphatic carbocycles. The highest BCUT2D eigenvalue weighted by Crippen LogP contribution is 2.35. The van der Waals surface area contributed by atoms with Crippen LogP contribution in [0.2, 0.25) is 0 Å². The monoisotopic (exact) mass is 762 g/mol. The summed E-state index contributed by atoms with van der Waals surface area (Å²) in [5, 5.41) is 0. The summed E-state index contributed by atoms with van der Waals surface area (Å²) in [5.74, 6) is -0.471. The second kappa shape index (κ2) is 34.6. The smallest absolute Gasteiger partial charge is 0.409 e. The number of unbranched alkanes of at least 4 members (excludes halogenated alkanes) is 18. The summed E-state index contributed by atoms with van der Waals surface area (Å²) >= 11 is 0. The normalized spacial score (nSPS) is 15.7. The summed E-state index contributed by atoms with van der Waals surface area (Å²) in [6.45, 7) is 6.01. The highest BCUT2D eigenvalue weighted by atomic mass is 16.7. The van der Waals surface area contributed by atoms with Crippen LogP contribution in [0.25, 0.3) is 0 Å². The van der Waals surface area contributed by atoms with E-state index in [1.807, 2.05) is 37.4 Å². The van der Waals surface area contributed by atoms with Crippen LogP contribution < -0.4 is 0 Å². The molecule has 2 rings (SSSR count). The lowest BCUT2D eigenvalue weighted by Gasteiger charge is -2.29. The zero-order valence-corrected chi connectivity index (χ0v) is 35.9. The standard InChI is InChI=1S/C50H83NO4/c1-4-6-8-10-12-14-16-18-20-22-24-26-28-30-32-37-42-50(43-38-33-31-29-27-25-23-21-19-17-15-13-11-9-7-5-2)54-46-48(55-50)41-44-51(3)49(52)53-45-47-39-35-34-36-40-47/h12-15,18-21,34-36,39-40,48H,4-11,16-17,22-33,37-38,41-46H2,1-3H3/b14-12-,15-13-,20-18-,21-19-/t48-/m1/s1. The Bertz CT molecular complexity index is 1090. The van der Waals surface area contributed by atoms with Crippen molar-refractivity contribution in [3.8, 4) is 0 Å². The van der Waals surface area contributed by atoms with Crippen molar-refractivity contribution < 1.29 is 19.0 Å². The van der Waals surface area contributed by atoms with Crippen molar-refractivity contribution in [2.45, 2.75) is 206 Å². The van der Waals surface area contributed by atoms with Gasteiger partial charge in [0.2, 0.25) is 0 Å². The number of rotatable bonds is 35. The summed E-state index contributed by atoms with van der Waals surface area (Å²) in [6.07, 6.45) is 51.2. The third kappa shape index (κ3) is 26.8. The van der Waals surface area contributed by atoms with Crippen molar-refractivity contribution >= 4 is 6.09 Å². The average Bonchev–Trinajstić information content (AvgIpc) is 3.61. The third-order valence-electron chi connectivity index (χ3n) is 10.7. The topological polar surface area (TPSA) is 48.0 Å². The van der Waals surface area contributed by atoms with E-state index >= 15 is 0 Å². The first-order valence-corrected chi connectivity index (χ1v) is 22.9. The predicted octanol–water partition coefficient (Wildman–Crippen LogP) is 15.2. The average molecular weight is 762 g/mol. The van der Waals surface area contributed by atoms with E-state index in [1.165, 1.54) is 128 Å². The molecular formula is C50H83NO4. The number of amides is 1. The van der Waals surface area contributed by atoms with E-state index in [1.54, 1.807) is 4.90 Å². The second-order valence-corrected chi connectivity index (χ2v) is 15.9. The summed E-state index contributed by atoms with van der Waals surface area (Å²) in [6, 6.07) is 9.84. The Hall–Kier alpha value is -2.63. The van der Waals surface area contributed by atoms with Gasteiger partial charge in [-0.3, -0.25) is 0 Å². The summed E-state index contributed by atoms with van der Waals surface area (Å²) in [7, 11) is 1.81. The van der Waals surface area contributed by atoms with Gasteiger partial charge < -0.3 is 19.1 Å². The van der Waals surface area contributed by atoms with Gasteiger partial charge in [-0.25, -0.2) is 4.79 Å². The molecular weight excluding hydrogens is 679 g/mol. The first-order valence-electron chi connectivity index (χ1n) is 22.9. The molecule has 1 atom stereocenters. The van der Waals surface area contributed by atoms with Crippen molar-refractivity contribution in [2.24, 2.45) is 0 Å². The van der Waals surface area contributed by atoms with Crippen molar-refractivity contribution in [1.82, 2.24) is 4.90 Å². The van der Waals surface area contributed by atoms with Gasteiger partial charge in [0.25, 0.3) is 0 Å². The Morgan fingerprint density at radius 1 is 0.655 bits per heavy atom. The van der Waals surface area contributed by atoms with Crippen LogP contribution in [0.1, 0.15) is 193 Å². The molecule has 1 aliphatic heterocycles. The summed E-state index contributed by atoms with van der Waals surface area (Å²) in [4.78, 5) is 14.3. The quantitative estimate of drug-likeness (QED) is 0.0510. The van der Waals surface area contributed by atoms with Crippen LogP contribution in [0.15, 0.2) is 78.9 Å². The number of ether oxygens (including phenoxy) is 3. The van der Waals surface area contributed by atoms with Gasteiger partial charge in [0, 0.05) is 26.4 Å². The Balaban J connectivity index is 1.66. The van der Waals surface area contributed by atoms with Crippen molar-refractivity contribution in [1.29, 1.82) is 0 Å². The lowest BCUT2D eigenvalue weighted by Crippen LogP contribution is -2.33. The highest BCUT2D eigenvalue weighted by Gasteiger charge is 2.40. The minimum Gasteiger partial charge on any atom is -0.445 e. The SMILES string of the molecule is CCCCC/C=C\C/C=C\CCCCCCCCC1(CCCCCCCC/C=C\C/C=C\CCCCC)OC[C@@H](CCN(C)C(=O)OCc2ccccc2)O1. The molecule has 0 N–H and O–H groups in total. The molecule has 0 bridgehead atoms. The number of hydrogen-bond acceptors (Lipinski definition) is 4. The van der Waals surface area contributed by atoms with E-state index in [4.69, 9.17) is 14.2 Å². The lowest BCUT2D eigenvalue weighted by molar-refractivity contribution is -0.180. The van der Waals surface area contributed by atoms with Crippen LogP contribution >= 0.6 is 0 Å². The maximum Gasteiger partial charge on any atom is 0.409 e. The molecule has 1 amide bonds. The van der Waals surface area contributed by atoms with E-state index in [-0.39, 0.29) is 12.2 Å². The van der Waals surface area contributed by atoms with Gasteiger partial charge in [-0.2, -0.15) is 0 Å². The maximum atomic E-state index is 12.6. The molecule has 0 saturated carbocycles. The first-order chi connectivity index (χ1) is 27.1. The molecule has 0 radical (unpaired) electrons. The molecule has 0 spiro atoms. The van der Waals surface area contributed by atoms with Gasteiger partial charge in [0.05, 0.1) is 12.7 Å². The van der Waals surface area contributed by atoms with Crippen molar-refractivity contribution in [3.05, 3.63) is 84.5 Å². The van der Waals surface area contributed by atoms with Crippen LogP contribution in [-0.2, 0) is 20.8 Å². The van der Waals surface area contributed by atoms with E-state index in [0.29, 0.717) is 19.8 Å². The predicted molar refractivity (Wildman–Crippen MR) is 235 cm³/mol. The molecule has 1 aromatic rings. The Kier molecular flexibility index (Phi) is 30.5. The van der Waals surface area contributed by atoms with Crippen molar-refractivity contribution in [2.75, 3.05) is 20.2 Å². The number of nitrogens with zero attached hydrogens (tertiary/aromatic N) is 1. The molecule has 5 nitrogen and oxygen atoms in total. The second-order valence-electron chi connectivity index (χ2n) is 15.9. The summed E-state index contributed by atoms with van der Waals surface area (Å²) in [5.41, 5.74) is 0.995. The van der Waals surface area contributed by atoms with Gasteiger partial charge in [-0.15, -0.1) is 0 Å². The molecule has 0 unspecified atom stereocenters. The largest absolute Gasteiger partial charge is 0.445 e. The van der Waals surface area contributed by atoms with Crippen LogP contribution in [0.3, 0.4) is 0 Å². The van der Waals surface area contributed by atoms with Crippen LogP contribution in [0.4, 0.5) is 4.79 Å². The molecule has 55 heavy (non-hydrogen) atoms. The summed E-state index contributed by atoms with van der Waals surface area (Å²) < 4.78 is 18.8. The number of carbonyl (C=O) groups excluding carboxylic acids is 1. The molecule has 1 aromatic carbocycles. The number of hydrogen-bond donors (Lipinski definition) is 0. The Labute approximate surface area is 339 Å². The van der Waals surface area contributed by atoms with E-state index in [2.05, 4.69) is 62.5 Å². The zero-order chi connectivity index (χ0) is 39.3. The minimum absolute atomic E-state index is 0.0126. The van der Waals surface area contributed by atoms with Gasteiger partial charge in [-0.1, -0.05) is 170 Å². The lowest BCUT2D eigenvalue weighted by atomic mass is 9.98. The molecule has 312 valence electrons. The Morgan fingerprint density at radius 3 is 1.60 bits per heavy atom. The maximum absolute atomic E-state index is 12.6. The number of carbonyl (C=O) groups is 1. The van der Waals surface area contributed by atoms with Gasteiger partial charge in [-0.05, 0) is 89.0 Å². The van der Waals surface area contributed by atoms with E-state index < -0.39 is 5.79 Å². The van der Waals surface area contributed by atoms with E-state index in [0.717, 1.165) is 50.5 Å². The molecule has 1 aliphatic rings. The molecule has 1 saturated heterocycles. The highest BCUT2D eigenvalue weighted by molar-refractivity contribution is 5.67. The fourth-order valence-corrected chi connectivity index (χ4v) is 7.17. The van der Waals surface area contributed by atoms with E-state index in [9.17, 15) is 4.79 Å². The fourth-order valence-electron chi connectivity index (χ4n) is 7.17. The molecule has 0 aromatic heterocycles. The van der Waals surface area contributed by atoms with Crippen molar-refractivity contribution in [3.63, 3.8) is 0 Å². The number of allylic oxidation sites excluding steroid dienone is 8. The van der Waals surface area contributed by atoms with Crippen LogP contribution in [-0.4, -0.2) is 43.1 Å². The van der Waals surface area contributed by atoms with Gasteiger partial charge in [0.1, 0.15) is 6.61 Å². The fraction of sp³-hybridized carbons (Fsp3) is 0.700. The van der Waals surface area contributed by atoms with Gasteiger partial charge in [0.15, 0.2) is 5.79 Å². The first kappa shape index (κ1) is 48.5. The van der Waals surface area contributed by atoms with Crippen LogP contribution in [0.5, 0.6) is 0 Å². The zero-order valence-electron chi connectivity index (χ0n) is 35.9. The van der Waals surface area contributed by atoms with Crippen LogP contribution in [0, 0.1) is 0 Å². The number of benzene rings is 1. The molecule has 5 heteroatoms. The molecule has 1 heterocycles. The minimum atomic E-state index is -0.471.